The van der Waals surface area contributed by atoms with Crippen LogP contribution in [0.15, 0.2) is 66.7 Å². The van der Waals surface area contributed by atoms with Crippen LogP contribution < -0.4 is 10.1 Å². The van der Waals surface area contributed by atoms with Gasteiger partial charge in [0.15, 0.2) is 5.41 Å². The molecule has 166 valence electrons. The maximum atomic E-state index is 13.8. The molecule has 5 heteroatoms. The lowest BCUT2D eigenvalue weighted by Gasteiger charge is -2.37. The van der Waals surface area contributed by atoms with Gasteiger partial charge < -0.3 is 14.8 Å². The second kappa shape index (κ2) is 9.42. The summed E-state index contributed by atoms with van der Waals surface area (Å²) in [7, 11) is 3.11. The average molecular weight is 431 g/mol. The Hall–Kier alpha value is -3.36. The van der Waals surface area contributed by atoms with E-state index in [9.17, 15) is 10.1 Å². The van der Waals surface area contributed by atoms with Crippen LogP contribution in [0.25, 0.3) is 10.8 Å². The van der Waals surface area contributed by atoms with E-state index in [1.54, 1.807) is 7.11 Å². The molecule has 32 heavy (non-hydrogen) atoms. The van der Waals surface area contributed by atoms with E-state index in [2.05, 4.69) is 11.4 Å². The van der Waals surface area contributed by atoms with Gasteiger partial charge >= 0.3 is 0 Å². The van der Waals surface area contributed by atoms with Gasteiger partial charge in [0.1, 0.15) is 5.75 Å². The number of ether oxygens (including phenoxy) is 2. The predicted molar refractivity (Wildman–Crippen MR) is 127 cm³/mol. The summed E-state index contributed by atoms with van der Waals surface area (Å²) in [6, 6.07) is 23.8. The largest absolute Gasteiger partial charge is 0.496 e. The molecule has 0 saturated carbocycles. The molecule has 2 unspecified atom stereocenters. The number of carbonyl (C=O) groups excluding carboxylic acids is 1. The second-order valence-electron chi connectivity index (χ2n) is 8.96. The number of hydrogen-bond acceptors (Lipinski definition) is 4. The number of rotatable bonds is 7. The molecule has 0 aromatic heterocycles. The quantitative estimate of drug-likeness (QED) is 0.569. The molecule has 0 spiro atoms. The highest BCUT2D eigenvalue weighted by Gasteiger charge is 2.50. The molecule has 1 amide bonds. The summed E-state index contributed by atoms with van der Waals surface area (Å²) >= 11 is 0. The number of hydrogen-bond donors (Lipinski definition) is 1. The van der Waals surface area contributed by atoms with E-state index < -0.39 is 16.9 Å². The zero-order valence-corrected chi connectivity index (χ0v) is 19.3. The second-order valence-corrected chi connectivity index (χ2v) is 8.96. The number of methoxy groups -OCH3 is 2. The van der Waals surface area contributed by atoms with Gasteiger partial charge in [0.2, 0.25) is 5.91 Å². The minimum Gasteiger partial charge on any atom is -0.496 e. The molecule has 0 aliphatic heterocycles. The molecule has 0 bridgehead atoms. The average Bonchev–Trinajstić information content (AvgIpc) is 2.77. The van der Waals surface area contributed by atoms with Crippen LogP contribution in [-0.4, -0.2) is 32.3 Å². The summed E-state index contributed by atoms with van der Waals surface area (Å²) in [6.07, 6.45) is 0. The Bertz CT molecular complexity index is 1140. The van der Waals surface area contributed by atoms with E-state index in [0.717, 1.165) is 21.9 Å². The van der Waals surface area contributed by atoms with Crippen LogP contribution in [0, 0.1) is 16.7 Å². The number of para-hydroxylation sites is 1. The first-order valence-electron chi connectivity index (χ1n) is 10.6. The van der Waals surface area contributed by atoms with Gasteiger partial charge in [-0.25, -0.2) is 0 Å². The fraction of sp³-hybridized carbons (Fsp3) is 0.333. The van der Waals surface area contributed by atoms with Gasteiger partial charge in [-0.1, -0.05) is 60.7 Å². The smallest absolute Gasteiger partial charge is 0.244 e. The van der Waals surface area contributed by atoms with Crippen LogP contribution in [0.4, 0.5) is 0 Å². The van der Waals surface area contributed by atoms with Crippen molar-refractivity contribution in [2.45, 2.75) is 32.2 Å². The fourth-order valence-electron chi connectivity index (χ4n) is 4.21. The number of carbonyl (C=O) groups is 1. The zero-order chi connectivity index (χ0) is 23.4. The first kappa shape index (κ1) is 23.3. The SMILES string of the molecule is COCC(C#N)(C(=O)NC(C)(C)C)C(c1ccccc1OC)c1cccc2ccccc12. The summed E-state index contributed by atoms with van der Waals surface area (Å²) in [4.78, 5) is 13.8. The summed E-state index contributed by atoms with van der Waals surface area (Å²) in [5.41, 5.74) is -0.415. The summed E-state index contributed by atoms with van der Waals surface area (Å²) in [6.45, 7) is 5.62. The number of amides is 1. The van der Waals surface area contributed by atoms with E-state index in [-0.39, 0.29) is 12.5 Å². The molecule has 0 aliphatic rings. The van der Waals surface area contributed by atoms with E-state index in [0.29, 0.717) is 5.75 Å². The van der Waals surface area contributed by atoms with Crippen LogP contribution >= 0.6 is 0 Å². The van der Waals surface area contributed by atoms with E-state index >= 15 is 0 Å². The lowest BCUT2D eigenvalue weighted by atomic mass is 9.68. The number of benzene rings is 3. The molecule has 0 radical (unpaired) electrons. The van der Waals surface area contributed by atoms with Crippen molar-refractivity contribution >= 4 is 16.7 Å². The zero-order valence-electron chi connectivity index (χ0n) is 19.3. The van der Waals surface area contributed by atoms with Gasteiger partial charge in [0.25, 0.3) is 0 Å². The van der Waals surface area contributed by atoms with Gasteiger partial charge in [-0.05, 0) is 43.2 Å². The molecule has 3 aromatic carbocycles. The third-order valence-electron chi connectivity index (χ3n) is 5.54. The summed E-state index contributed by atoms with van der Waals surface area (Å²) < 4.78 is 11.2. The molecular weight excluding hydrogens is 400 g/mol. The number of nitrogens with one attached hydrogen (secondary N) is 1. The Morgan fingerprint density at radius 3 is 2.25 bits per heavy atom. The normalized spacial score (nSPS) is 14.2. The van der Waals surface area contributed by atoms with Crippen molar-refractivity contribution in [2.75, 3.05) is 20.8 Å². The Labute approximate surface area is 190 Å². The van der Waals surface area contributed by atoms with Crippen molar-refractivity contribution in [1.29, 1.82) is 5.26 Å². The monoisotopic (exact) mass is 430 g/mol. The maximum Gasteiger partial charge on any atom is 0.244 e. The van der Waals surface area contributed by atoms with Crippen LogP contribution in [0.5, 0.6) is 5.75 Å². The molecule has 0 heterocycles. The molecular formula is C27H30N2O3. The maximum absolute atomic E-state index is 13.8. The van der Waals surface area contributed by atoms with Crippen molar-refractivity contribution in [2.24, 2.45) is 5.41 Å². The highest BCUT2D eigenvalue weighted by Crippen LogP contribution is 2.47. The first-order valence-corrected chi connectivity index (χ1v) is 10.6. The van der Waals surface area contributed by atoms with Crippen LogP contribution in [0.1, 0.15) is 37.8 Å². The van der Waals surface area contributed by atoms with Crippen molar-refractivity contribution in [3.63, 3.8) is 0 Å². The molecule has 2 atom stereocenters. The lowest BCUT2D eigenvalue weighted by molar-refractivity contribution is -0.132. The highest BCUT2D eigenvalue weighted by molar-refractivity contribution is 5.92. The summed E-state index contributed by atoms with van der Waals surface area (Å²) in [5, 5.41) is 15.6. The molecule has 0 fully saturated rings. The van der Waals surface area contributed by atoms with E-state index in [1.165, 1.54) is 7.11 Å². The summed E-state index contributed by atoms with van der Waals surface area (Å²) in [5.74, 6) is -0.389. The Morgan fingerprint density at radius 1 is 0.969 bits per heavy atom. The number of nitrogens with zero attached hydrogens (tertiary/aromatic N) is 1. The predicted octanol–water partition coefficient (Wildman–Crippen LogP) is 5.05. The van der Waals surface area contributed by atoms with Crippen LogP contribution in [0.2, 0.25) is 0 Å². The number of fused-ring (bicyclic) bond motifs is 1. The van der Waals surface area contributed by atoms with Gasteiger partial charge in [0.05, 0.1) is 19.8 Å². The third-order valence-corrected chi connectivity index (χ3v) is 5.54. The standard InChI is InChI=1S/C27H30N2O3/c1-26(2,3)29-25(30)27(17-28,18-31-4)24(22-14-8-9-16-23(22)32-5)21-15-10-12-19-11-6-7-13-20(19)21/h6-16,24H,18H2,1-5H3,(H,29,30). The molecule has 3 aromatic rings. The Balaban J connectivity index is 2.39. The van der Waals surface area contributed by atoms with Crippen molar-refractivity contribution in [1.82, 2.24) is 5.32 Å². The van der Waals surface area contributed by atoms with Crippen molar-refractivity contribution < 1.29 is 14.3 Å². The molecule has 0 saturated heterocycles. The van der Waals surface area contributed by atoms with Gasteiger partial charge in [-0.15, -0.1) is 0 Å². The molecule has 3 rings (SSSR count). The lowest BCUT2D eigenvalue weighted by Crippen LogP contribution is -2.53. The molecule has 0 aliphatic carbocycles. The minimum atomic E-state index is -1.53. The Kier molecular flexibility index (Phi) is 6.86. The van der Waals surface area contributed by atoms with E-state index in [1.807, 2.05) is 87.5 Å². The van der Waals surface area contributed by atoms with Crippen LogP contribution in [0.3, 0.4) is 0 Å². The Morgan fingerprint density at radius 2 is 1.59 bits per heavy atom. The van der Waals surface area contributed by atoms with E-state index in [4.69, 9.17) is 9.47 Å². The van der Waals surface area contributed by atoms with Gasteiger partial charge in [-0.2, -0.15) is 5.26 Å². The van der Waals surface area contributed by atoms with Gasteiger partial charge in [0, 0.05) is 24.1 Å². The van der Waals surface area contributed by atoms with Crippen molar-refractivity contribution in [3.8, 4) is 11.8 Å². The van der Waals surface area contributed by atoms with Crippen molar-refractivity contribution in [3.05, 3.63) is 77.9 Å². The fourth-order valence-corrected chi connectivity index (χ4v) is 4.21. The van der Waals surface area contributed by atoms with Crippen LogP contribution in [-0.2, 0) is 9.53 Å². The molecule has 1 N–H and O–H groups in total. The minimum absolute atomic E-state index is 0.0721. The third kappa shape index (κ3) is 4.46. The highest BCUT2D eigenvalue weighted by atomic mass is 16.5. The first-order chi connectivity index (χ1) is 15.3. The number of nitriles is 1. The van der Waals surface area contributed by atoms with Gasteiger partial charge in [-0.3, -0.25) is 4.79 Å². The topological polar surface area (TPSA) is 71.3 Å². The molecule has 5 nitrogen and oxygen atoms in total.